The fourth-order valence-corrected chi connectivity index (χ4v) is 3.67. The van der Waals surface area contributed by atoms with Gasteiger partial charge in [0.1, 0.15) is 18.5 Å². The van der Waals surface area contributed by atoms with E-state index in [4.69, 9.17) is 37.4 Å². The first-order valence-electron chi connectivity index (χ1n) is 8.46. The molecule has 0 unspecified atom stereocenters. The van der Waals surface area contributed by atoms with Gasteiger partial charge in [0.2, 0.25) is 6.10 Å². The Labute approximate surface area is 165 Å². The number of para-hydroxylation sites is 2. The Morgan fingerprint density at radius 1 is 1.15 bits per heavy atom. The van der Waals surface area contributed by atoms with Crippen LogP contribution in [-0.4, -0.2) is 43.2 Å². The molecule has 1 amide bonds. The third-order valence-electron chi connectivity index (χ3n) is 4.55. The molecule has 4 rings (SSSR count). The molecule has 0 radical (unpaired) electrons. The molecule has 27 heavy (non-hydrogen) atoms. The van der Waals surface area contributed by atoms with Gasteiger partial charge in [-0.25, -0.2) is 4.39 Å². The van der Waals surface area contributed by atoms with E-state index >= 15 is 0 Å². The van der Waals surface area contributed by atoms with Crippen LogP contribution in [0.15, 0.2) is 36.4 Å². The summed E-state index contributed by atoms with van der Waals surface area (Å²) in [6, 6.07) is 9.79. The molecule has 5 nitrogen and oxygen atoms in total. The second-order valence-electron chi connectivity index (χ2n) is 6.30. The van der Waals surface area contributed by atoms with Crippen LogP contribution < -0.4 is 9.47 Å². The smallest absolute Gasteiger partial charge is 0.267 e. The lowest BCUT2D eigenvalue weighted by Gasteiger charge is -2.36. The third kappa shape index (κ3) is 3.70. The van der Waals surface area contributed by atoms with E-state index in [1.807, 2.05) is 12.1 Å². The van der Waals surface area contributed by atoms with Gasteiger partial charge < -0.3 is 19.1 Å². The number of fused-ring (bicyclic) bond motifs is 1. The fraction of sp³-hybridized carbons (Fsp3) is 0.316. The van der Waals surface area contributed by atoms with Gasteiger partial charge in [0.25, 0.3) is 5.91 Å². The zero-order valence-electron chi connectivity index (χ0n) is 14.2. The first-order valence-corrected chi connectivity index (χ1v) is 9.22. The number of amides is 1. The van der Waals surface area contributed by atoms with Gasteiger partial charge in [0, 0.05) is 17.1 Å². The van der Waals surface area contributed by atoms with Gasteiger partial charge in [-0.2, -0.15) is 0 Å². The van der Waals surface area contributed by atoms with Gasteiger partial charge in [-0.05, 0) is 24.3 Å². The first-order chi connectivity index (χ1) is 13.0. The molecule has 142 valence electrons. The molecular weight excluding hydrogens is 396 g/mol. The number of rotatable bonds is 2. The largest absolute Gasteiger partial charge is 0.485 e. The predicted octanol–water partition coefficient (Wildman–Crippen LogP) is 3.87. The summed E-state index contributed by atoms with van der Waals surface area (Å²) < 4.78 is 30.9. The highest BCUT2D eigenvalue weighted by Crippen LogP contribution is 2.34. The van der Waals surface area contributed by atoms with Crippen LogP contribution in [0.4, 0.5) is 4.39 Å². The van der Waals surface area contributed by atoms with E-state index in [2.05, 4.69) is 0 Å². The summed E-state index contributed by atoms with van der Waals surface area (Å²) in [5.41, 5.74) is 0.460. The molecule has 0 bridgehead atoms. The number of hydrogen-bond donors (Lipinski definition) is 0. The predicted molar refractivity (Wildman–Crippen MR) is 98.0 cm³/mol. The Morgan fingerprint density at radius 3 is 2.74 bits per heavy atom. The van der Waals surface area contributed by atoms with Gasteiger partial charge >= 0.3 is 0 Å². The number of hydrogen-bond acceptors (Lipinski definition) is 4. The summed E-state index contributed by atoms with van der Waals surface area (Å²) >= 11 is 11.9. The van der Waals surface area contributed by atoms with Crippen molar-refractivity contribution >= 4 is 29.1 Å². The second kappa shape index (κ2) is 7.54. The Balaban J connectivity index is 1.49. The van der Waals surface area contributed by atoms with E-state index < -0.39 is 18.0 Å². The Morgan fingerprint density at radius 2 is 1.93 bits per heavy atom. The summed E-state index contributed by atoms with van der Waals surface area (Å²) in [7, 11) is 0. The number of halogens is 3. The number of carbonyl (C=O) groups is 1. The lowest BCUT2D eigenvalue weighted by atomic mass is 10.1. The van der Waals surface area contributed by atoms with E-state index in [-0.39, 0.29) is 24.1 Å². The molecule has 2 aliphatic rings. The van der Waals surface area contributed by atoms with Crippen LogP contribution in [-0.2, 0) is 9.53 Å². The lowest BCUT2D eigenvalue weighted by molar-refractivity contribution is -0.148. The molecule has 0 aromatic heterocycles. The van der Waals surface area contributed by atoms with Crippen molar-refractivity contribution in [2.45, 2.75) is 12.2 Å². The van der Waals surface area contributed by atoms with Crippen LogP contribution >= 0.6 is 23.2 Å². The van der Waals surface area contributed by atoms with Gasteiger partial charge in [0.15, 0.2) is 11.5 Å². The molecule has 2 aromatic carbocycles. The topological polar surface area (TPSA) is 48.0 Å². The highest BCUT2D eigenvalue weighted by atomic mass is 35.5. The van der Waals surface area contributed by atoms with Crippen LogP contribution in [0.2, 0.25) is 10.0 Å². The number of benzene rings is 2. The monoisotopic (exact) mass is 411 g/mol. The summed E-state index contributed by atoms with van der Waals surface area (Å²) in [5, 5.41) is 0.241. The maximum absolute atomic E-state index is 13.8. The summed E-state index contributed by atoms with van der Waals surface area (Å²) in [4.78, 5) is 14.5. The van der Waals surface area contributed by atoms with E-state index in [9.17, 15) is 9.18 Å². The first kappa shape index (κ1) is 18.3. The van der Waals surface area contributed by atoms with Crippen molar-refractivity contribution in [1.82, 2.24) is 4.90 Å². The van der Waals surface area contributed by atoms with Gasteiger partial charge in [-0.3, -0.25) is 4.79 Å². The average Bonchev–Trinajstić information content (AvgIpc) is 2.70. The van der Waals surface area contributed by atoms with Crippen molar-refractivity contribution in [1.29, 1.82) is 0 Å². The minimum absolute atomic E-state index is 0.0566. The van der Waals surface area contributed by atoms with Crippen LogP contribution in [0.25, 0.3) is 0 Å². The summed E-state index contributed by atoms with van der Waals surface area (Å²) in [6.45, 7) is 1.08. The average molecular weight is 412 g/mol. The number of carbonyl (C=O) groups excluding carboxylic acids is 1. The Kier molecular flexibility index (Phi) is 5.12. The highest BCUT2D eigenvalue weighted by Gasteiger charge is 2.35. The minimum Gasteiger partial charge on any atom is -0.485 e. The van der Waals surface area contributed by atoms with Crippen molar-refractivity contribution in [2.24, 2.45) is 0 Å². The van der Waals surface area contributed by atoms with Crippen molar-refractivity contribution in [2.75, 3.05) is 26.3 Å². The van der Waals surface area contributed by atoms with Gasteiger partial charge in [-0.15, -0.1) is 0 Å². The molecule has 1 fully saturated rings. The molecule has 2 atom stereocenters. The normalized spacial score (nSPS) is 21.8. The number of nitrogens with zero attached hydrogens (tertiary/aromatic N) is 1. The second-order valence-corrected chi connectivity index (χ2v) is 7.11. The number of ether oxygens (including phenoxy) is 3. The molecule has 2 aromatic rings. The van der Waals surface area contributed by atoms with Crippen LogP contribution in [0.5, 0.6) is 11.5 Å². The molecular formula is C19H16Cl2FNO4. The van der Waals surface area contributed by atoms with Crippen LogP contribution in [0.3, 0.4) is 0 Å². The quantitative estimate of drug-likeness (QED) is 0.703. The van der Waals surface area contributed by atoms with Crippen molar-refractivity contribution < 1.29 is 23.4 Å². The van der Waals surface area contributed by atoms with Crippen molar-refractivity contribution in [3.8, 4) is 11.5 Å². The zero-order chi connectivity index (χ0) is 19.0. The third-order valence-corrected chi connectivity index (χ3v) is 5.17. The summed E-state index contributed by atoms with van der Waals surface area (Å²) in [5.74, 6) is 0.367. The summed E-state index contributed by atoms with van der Waals surface area (Å²) in [6.07, 6.45) is -1.28. The van der Waals surface area contributed by atoms with Crippen molar-refractivity contribution in [3.63, 3.8) is 0 Å². The highest BCUT2D eigenvalue weighted by molar-refractivity contribution is 6.35. The number of morpholine rings is 1. The molecule has 0 spiro atoms. The molecule has 0 saturated carbocycles. The fourth-order valence-electron chi connectivity index (χ4n) is 3.17. The molecule has 1 saturated heterocycles. The van der Waals surface area contributed by atoms with E-state index in [1.54, 1.807) is 17.0 Å². The molecule has 2 heterocycles. The zero-order valence-corrected chi connectivity index (χ0v) is 15.7. The maximum atomic E-state index is 13.8. The van der Waals surface area contributed by atoms with E-state index in [0.29, 0.717) is 35.2 Å². The van der Waals surface area contributed by atoms with Gasteiger partial charge in [0.05, 0.1) is 18.2 Å². The van der Waals surface area contributed by atoms with E-state index in [1.165, 1.54) is 12.1 Å². The van der Waals surface area contributed by atoms with Crippen LogP contribution in [0.1, 0.15) is 11.7 Å². The standard InChI is InChI=1S/C19H16Cl2FNO4/c20-12-8-13(21)14(22)7-11(12)17-9-23(5-6-25-17)19(24)18-10-26-15-3-1-2-4-16(15)27-18/h1-4,7-8,17-18H,5-6,9-10H2/t17-,18-/m1/s1. The Bertz CT molecular complexity index is 879. The SMILES string of the molecule is O=C([C@H]1COc2ccccc2O1)N1CCO[C@@H](c2cc(F)c(Cl)cc2Cl)C1. The minimum atomic E-state index is -0.740. The van der Waals surface area contributed by atoms with Crippen LogP contribution in [0, 0.1) is 5.82 Å². The molecule has 0 aliphatic carbocycles. The molecule has 0 N–H and O–H groups in total. The van der Waals surface area contributed by atoms with Crippen molar-refractivity contribution in [3.05, 3.63) is 57.8 Å². The van der Waals surface area contributed by atoms with E-state index in [0.717, 1.165) is 0 Å². The maximum Gasteiger partial charge on any atom is 0.267 e. The van der Waals surface area contributed by atoms with Gasteiger partial charge in [-0.1, -0.05) is 35.3 Å². The molecule has 2 aliphatic heterocycles. The Hall–Kier alpha value is -2.02. The molecule has 8 heteroatoms. The lowest BCUT2D eigenvalue weighted by Crippen LogP contribution is -2.50.